The third kappa shape index (κ3) is 8.48. The van der Waals surface area contributed by atoms with E-state index in [1.165, 1.54) is 41.3 Å². The predicted octanol–water partition coefficient (Wildman–Crippen LogP) is 5.81. The zero-order chi connectivity index (χ0) is 29.9. The van der Waals surface area contributed by atoms with Crippen LogP contribution in [0.15, 0.2) is 66.9 Å². The highest BCUT2D eigenvalue weighted by Crippen LogP contribution is 2.25. The highest BCUT2D eigenvalue weighted by Gasteiger charge is 2.29. The van der Waals surface area contributed by atoms with Gasteiger partial charge in [0, 0.05) is 61.9 Å². The van der Waals surface area contributed by atoms with Crippen molar-refractivity contribution in [2.24, 2.45) is 0 Å². The number of nitro groups is 1. The largest absolute Gasteiger partial charge is 0.382 e. The van der Waals surface area contributed by atoms with Crippen molar-refractivity contribution >= 4 is 17.5 Å². The molecule has 10 heteroatoms. The van der Waals surface area contributed by atoms with Crippen molar-refractivity contribution in [2.45, 2.75) is 64.6 Å². The number of carbonyl (C=O) groups is 2. The summed E-state index contributed by atoms with van der Waals surface area (Å²) in [7, 11) is 0. The van der Waals surface area contributed by atoms with Crippen molar-refractivity contribution in [1.82, 2.24) is 14.4 Å². The molecular weight excluding hydrogens is 539 g/mol. The van der Waals surface area contributed by atoms with Crippen LogP contribution in [0.2, 0.25) is 0 Å². The lowest BCUT2D eigenvalue weighted by Crippen LogP contribution is -2.48. The molecule has 9 nitrogen and oxygen atoms in total. The van der Waals surface area contributed by atoms with Crippen LogP contribution in [0.4, 0.5) is 10.1 Å². The molecule has 2 aromatic carbocycles. The first-order valence-corrected chi connectivity index (χ1v) is 14.6. The van der Waals surface area contributed by atoms with E-state index in [9.17, 15) is 24.1 Å². The van der Waals surface area contributed by atoms with Gasteiger partial charge >= 0.3 is 0 Å². The summed E-state index contributed by atoms with van der Waals surface area (Å²) in [5.74, 6) is -0.768. The zero-order valence-electron chi connectivity index (χ0n) is 24.1. The highest BCUT2D eigenvalue weighted by molar-refractivity contribution is 5.96. The molecule has 0 unspecified atom stereocenters. The van der Waals surface area contributed by atoms with Crippen molar-refractivity contribution in [1.29, 1.82) is 0 Å². The van der Waals surface area contributed by atoms with Gasteiger partial charge in [0.1, 0.15) is 12.4 Å². The molecule has 1 aliphatic rings. The van der Waals surface area contributed by atoms with Gasteiger partial charge in [0.2, 0.25) is 5.91 Å². The van der Waals surface area contributed by atoms with E-state index < -0.39 is 4.92 Å². The minimum Gasteiger partial charge on any atom is -0.382 e. The molecule has 1 saturated carbocycles. The second-order valence-corrected chi connectivity index (χ2v) is 10.6. The molecule has 2 amide bonds. The van der Waals surface area contributed by atoms with Crippen molar-refractivity contribution < 1.29 is 23.6 Å². The van der Waals surface area contributed by atoms with Crippen LogP contribution >= 0.6 is 0 Å². The van der Waals surface area contributed by atoms with Gasteiger partial charge in [-0.15, -0.1) is 0 Å². The Morgan fingerprint density at radius 2 is 1.76 bits per heavy atom. The van der Waals surface area contributed by atoms with Gasteiger partial charge in [-0.3, -0.25) is 19.7 Å². The molecule has 0 aliphatic heterocycles. The van der Waals surface area contributed by atoms with E-state index >= 15 is 0 Å². The van der Waals surface area contributed by atoms with Crippen LogP contribution < -0.4 is 0 Å². The van der Waals surface area contributed by atoms with Crippen molar-refractivity contribution in [3.05, 3.63) is 99.6 Å². The minimum atomic E-state index is -0.508. The third-order valence-corrected chi connectivity index (χ3v) is 7.72. The Bertz CT molecular complexity index is 1320. The SMILES string of the molecule is CCOCCCN(CC(=O)N(Cc1cccn1Cc1ccc(F)cc1)C1CCCCC1)C(=O)c1ccc([N+](=O)[O-])cc1. The lowest BCUT2D eigenvalue weighted by atomic mass is 9.94. The molecule has 4 rings (SSSR count). The standard InChI is InChI=1S/C32H39FN4O5/c1-2-42-21-7-20-35(32(39)26-13-17-29(18-14-26)37(40)41)24-31(38)36(28-8-4-3-5-9-28)23-30-10-6-19-34(30)22-25-11-15-27(33)16-12-25/h6,10-19,28H,2-5,7-9,20-24H2,1H3. The lowest BCUT2D eigenvalue weighted by Gasteiger charge is -2.36. The van der Waals surface area contributed by atoms with Gasteiger partial charge in [-0.2, -0.15) is 0 Å². The first-order chi connectivity index (χ1) is 20.4. The van der Waals surface area contributed by atoms with E-state index in [0.717, 1.165) is 43.4 Å². The van der Waals surface area contributed by atoms with Gasteiger partial charge in [-0.25, -0.2) is 4.39 Å². The van der Waals surface area contributed by atoms with Gasteiger partial charge in [0.25, 0.3) is 11.6 Å². The van der Waals surface area contributed by atoms with Gasteiger partial charge < -0.3 is 19.1 Å². The summed E-state index contributed by atoms with van der Waals surface area (Å²) in [5, 5.41) is 11.1. The van der Waals surface area contributed by atoms with E-state index in [2.05, 4.69) is 4.57 Å². The number of aromatic nitrogens is 1. The number of carbonyl (C=O) groups excluding carboxylic acids is 2. The van der Waals surface area contributed by atoms with Crippen LogP contribution in [-0.2, 0) is 22.6 Å². The molecule has 0 radical (unpaired) electrons. The summed E-state index contributed by atoms with van der Waals surface area (Å²) in [4.78, 5) is 41.6. The molecule has 42 heavy (non-hydrogen) atoms. The molecule has 224 valence electrons. The number of hydrogen-bond acceptors (Lipinski definition) is 5. The minimum absolute atomic E-state index is 0.0696. The van der Waals surface area contributed by atoms with Gasteiger partial charge in [0.05, 0.1) is 11.5 Å². The number of hydrogen-bond donors (Lipinski definition) is 0. The summed E-state index contributed by atoms with van der Waals surface area (Å²) < 4.78 is 21.0. The maximum Gasteiger partial charge on any atom is 0.269 e. The molecule has 1 fully saturated rings. The zero-order valence-corrected chi connectivity index (χ0v) is 24.1. The Kier molecular flexibility index (Phi) is 11.2. The molecule has 1 heterocycles. The van der Waals surface area contributed by atoms with Gasteiger partial charge in [0.15, 0.2) is 0 Å². The number of rotatable bonds is 14. The Hall–Kier alpha value is -4.05. The van der Waals surface area contributed by atoms with Crippen molar-refractivity contribution in [3.8, 4) is 0 Å². The van der Waals surface area contributed by atoms with Crippen molar-refractivity contribution in [2.75, 3.05) is 26.3 Å². The quantitative estimate of drug-likeness (QED) is 0.137. The lowest BCUT2D eigenvalue weighted by molar-refractivity contribution is -0.384. The second kappa shape index (κ2) is 15.3. The maximum atomic E-state index is 14.0. The third-order valence-electron chi connectivity index (χ3n) is 7.72. The highest BCUT2D eigenvalue weighted by atomic mass is 19.1. The van der Waals surface area contributed by atoms with Crippen LogP contribution in [0, 0.1) is 15.9 Å². The average molecular weight is 579 g/mol. The van der Waals surface area contributed by atoms with E-state index in [1.807, 2.05) is 30.2 Å². The van der Waals surface area contributed by atoms with Crippen LogP contribution in [0.5, 0.6) is 0 Å². The smallest absolute Gasteiger partial charge is 0.269 e. The average Bonchev–Trinajstić information content (AvgIpc) is 3.45. The van der Waals surface area contributed by atoms with E-state index in [-0.39, 0.29) is 35.9 Å². The van der Waals surface area contributed by atoms with Crippen molar-refractivity contribution in [3.63, 3.8) is 0 Å². The Balaban J connectivity index is 1.54. The normalized spacial score (nSPS) is 13.6. The fourth-order valence-electron chi connectivity index (χ4n) is 5.44. The van der Waals surface area contributed by atoms with E-state index in [0.29, 0.717) is 44.8 Å². The molecule has 0 spiro atoms. The molecule has 0 N–H and O–H groups in total. The van der Waals surface area contributed by atoms with Crippen LogP contribution in [-0.4, -0.2) is 63.4 Å². The number of benzene rings is 2. The molecule has 0 saturated heterocycles. The molecule has 1 aliphatic carbocycles. The Labute approximate surface area is 246 Å². The summed E-state index contributed by atoms with van der Waals surface area (Å²) in [6.07, 6.45) is 7.57. The Morgan fingerprint density at radius 1 is 1.05 bits per heavy atom. The van der Waals surface area contributed by atoms with Gasteiger partial charge in [-0.05, 0) is 68.1 Å². The number of nitrogens with zero attached hydrogens (tertiary/aromatic N) is 4. The molecular formula is C32H39FN4O5. The first-order valence-electron chi connectivity index (χ1n) is 14.6. The Morgan fingerprint density at radius 3 is 2.43 bits per heavy atom. The summed E-state index contributed by atoms with van der Waals surface area (Å²) in [6, 6.07) is 15.9. The van der Waals surface area contributed by atoms with Gasteiger partial charge in [-0.1, -0.05) is 31.4 Å². The topological polar surface area (TPSA) is 97.9 Å². The molecule has 0 bridgehead atoms. The summed E-state index contributed by atoms with van der Waals surface area (Å²) in [5.41, 5.74) is 2.11. The number of non-ortho nitro benzene ring substituents is 1. The fraction of sp³-hybridized carbons (Fsp3) is 0.438. The van der Waals surface area contributed by atoms with Crippen LogP contribution in [0.1, 0.15) is 67.1 Å². The van der Waals surface area contributed by atoms with E-state index in [4.69, 9.17) is 4.74 Å². The summed E-state index contributed by atoms with van der Waals surface area (Å²) in [6.45, 7) is 4.09. The predicted molar refractivity (Wildman–Crippen MR) is 157 cm³/mol. The number of nitro benzene ring substituents is 1. The molecule has 3 aromatic rings. The fourth-order valence-corrected chi connectivity index (χ4v) is 5.44. The molecule has 0 atom stereocenters. The number of halogens is 1. The number of ether oxygens (including phenoxy) is 1. The van der Waals surface area contributed by atoms with Crippen LogP contribution in [0.3, 0.4) is 0 Å². The first kappa shape index (κ1) is 30.9. The van der Waals surface area contributed by atoms with E-state index in [1.54, 1.807) is 12.1 Å². The maximum absolute atomic E-state index is 14.0. The molecule has 1 aromatic heterocycles. The monoisotopic (exact) mass is 578 g/mol. The second-order valence-electron chi connectivity index (χ2n) is 10.6. The number of amides is 2. The summed E-state index contributed by atoms with van der Waals surface area (Å²) >= 11 is 0. The van der Waals surface area contributed by atoms with Crippen LogP contribution in [0.25, 0.3) is 0 Å².